The van der Waals surface area contributed by atoms with Crippen molar-refractivity contribution in [3.05, 3.63) is 62.0 Å². The van der Waals surface area contributed by atoms with Crippen molar-refractivity contribution in [2.45, 2.75) is 0 Å². The summed E-state index contributed by atoms with van der Waals surface area (Å²) in [5.41, 5.74) is 1.57. The molecule has 2 aromatic carbocycles. The lowest BCUT2D eigenvalue weighted by Gasteiger charge is -2.03. The average molecular weight is 415 g/mol. The molecule has 21 heavy (non-hydrogen) atoms. The predicted octanol–water partition coefficient (Wildman–Crippen LogP) is 4.98. The van der Waals surface area contributed by atoms with E-state index >= 15 is 0 Å². The number of hydrogen-bond donors (Lipinski definition) is 1. The number of rotatable bonds is 1. The Labute approximate surface area is 136 Å². The van der Waals surface area contributed by atoms with Crippen LogP contribution in [0.3, 0.4) is 0 Å². The van der Waals surface area contributed by atoms with Crippen LogP contribution < -0.4 is 5.32 Å². The highest BCUT2D eigenvalue weighted by Crippen LogP contribution is 2.40. The minimum absolute atomic E-state index is 0.0316. The number of benzene rings is 2. The quantitative estimate of drug-likeness (QED) is 0.655. The van der Waals surface area contributed by atoms with Gasteiger partial charge in [-0.25, -0.2) is 8.78 Å². The summed E-state index contributed by atoms with van der Waals surface area (Å²) in [6.45, 7) is 0. The van der Waals surface area contributed by atoms with E-state index in [-0.39, 0.29) is 17.0 Å². The lowest BCUT2D eigenvalue weighted by atomic mass is 10.0. The second-order valence-electron chi connectivity index (χ2n) is 4.49. The molecule has 3 rings (SSSR count). The third-order valence-corrected chi connectivity index (χ3v) is 4.17. The Kier molecular flexibility index (Phi) is 3.67. The number of nitrogens with one attached hydrogen (secondary N) is 1. The van der Waals surface area contributed by atoms with Crippen LogP contribution in [0.15, 0.2) is 39.3 Å². The Morgan fingerprint density at radius 1 is 1.10 bits per heavy atom. The van der Waals surface area contributed by atoms with Gasteiger partial charge in [0.15, 0.2) is 0 Å². The van der Waals surface area contributed by atoms with Gasteiger partial charge >= 0.3 is 0 Å². The van der Waals surface area contributed by atoms with E-state index in [9.17, 15) is 13.6 Å². The van der Waals surface area contributed by atoms with Crippen molar-refractivity contribution in [1.29, 1.82) is 0 Å². The molecule has 2 nitrogen and oxygen atoms in total. The Morgan fingerprint density at radius 2 is 1.86 bits per heavy atom. The van der Waals surface area contributed by atoms with Crippen molar-refractivity contribution in [2.75, 3.05) is 5.32 Å². The molecule has 1 aliphatic heterocycles. The molecular weight excluding hydrogens is 408 g/mol. The first-order valence-electron chi connectivity index (χ1n) is 5.93. The molecule has 0 unspecified atom stereocenters. The van der Waals surface area contributed by atoms with Crippen molar-refractivity contribution in [1.82, 2.24) is 0 Å². The van der Waals surface area contributed by atoms with Crippen LogP contribution in [-0.2, 0) is 4.79 Å². The molecule has 1 aliphatic rings. The molecule has 1 N–H and O–H groups in total. The van der Waals surface area contributed by atoms with Gasteiger partial charge in [0, 0.05) is 25.6 Å². The van der Waals surface area contributed by atoms with Crippen molar-refractivity contribution in [3.63, 3.8) is 0 Å². The summed E-state index contributed by atoms with van der Waals surface area (Å²) in [5, 5.41) is 2.71. The molecule has 0 saturated carbocycles. The fourth-order valence-corrected chi connectivity index (χ4v) is 3.46. The summed E-state index contributed by atoms with van der Waals surface area (Å²) in [6.07, 6.45) is 1.35. The van der Waals surface area contributed by atoms with Gasteiger partial charge in [-0.2, -0.15) is 0 Å². The Hall–Kier alpha value is -1.53. The van der Waals surface area contributed by atoms with Crippen molar-refractivity contribution >= 4 is 55.1 Å². The molecule has 106 valence electrons. The minimum Gasteiger partial charge on any atom is -0.320 e. The first kappa shape index (κ1) is 14.4. The van der Waals surface area contributed by atoms with E-state index < -0.39 is 11.6 Å². The van der Waals surface area contributed by atoms with Crippen LogP contribution in [0.1, 0.15) is 11.1 Å². The molecule has 1 heterocycles. The first-order chi connectivity index (χ1) is 9.95. The molecule has 6 heteroatoms. The fraction of sp³-hybridized carbons (Fsp3) is 0. The number of amides is 1. The van der Waals surface area contributed by atoms with Gasteiger partial charge in [0.05, 0.1) is 5.69 Å². The lowest BCUT2D eigenvalue weighted by molar-refractivity contribution is -0.110. The third-order valence-electron chi connectivity index (χ3n) is 3.09. The number of carbonyl (C=O) groups is 1. The molecule has 0 saturated heterocycles. The number of hydrogen-bond acceptors (Lipinski definition) is 1. The van der Waals surface area contributed by atoms with Gasteiger partial charge < -0.3 is 5.32 Å². The maximum atomic E-state index is 13.7. The van der Waals surface area contributed by atoms with E-state index in [1.54, 1.807) is 12.1 Å². The van der Waals surface area contributed by atoms with Crippen LogP contribution in [0, 0.1) is 11.6 Å². The first-order valence-corrected chi connectivity index (χ1v) is 7.52. The summed E-state index contributed by atoms with van der Waals surface area (Å²) >= 11 is 6.70. The Morgan fingerprint density at radius 3 is 2.62 bits per heavy atom. The summed E-state index contributed by atoms with van der Waals surface area (Å²) in [4.78, 5) is 12.1. The molecule has 0 bridgehead atoms. The fourth-order valence-electron chi connectivity index (χ4n) is 2.14. The molecule has 0 fully saturated rings. The highest BCUT2D eigenvalue weighted by molar-refractivity contribution is 9.11. The topological polar surface area (TPSA) is 29.1 Å². The number of halogens is 4. The SMILES string of the molecule is O=C1Nc2c(Br)cc(Br)cc2C1=Cc1cc(F)ccc1F. The zero-order valence-corrected chi connectivity index (χ0v) is 13.6. The van der Waals surface area contributed by atoms with Crippen LogP contribution in [-0.4, -0.2) is 5.91 Å². The summed E-state index contributed by atoms with van der Waals surface area (Å²) < 4.78 is 28.4. The third kappa shape index (κ3) is 2.65. The second-order valence-corrected chi connectivity index (χ2v) is 6.26. The Bertz CT molecular complexity index is 803. The van der Waals surface area contributed by atoms with E-state index in [0.717, 1.165) is 22.7 Å². The Balaban J connectivity index is 2.19. The second kappa shape index (κ2) is 5.35. The van der Waals surface area contributed by atoms with Crippen LogP contribution in [0.5, 0.6) is 0 Å². The average Bonchev–Trinajstić information content (AvgIpc) is 2.72. The van der Waals surface area contributed by atoms with Crippen molar-refractivity contribution in [2.24, 2.45) is 0 Å². The maximum absolute atomic E-state index is 13.7. The monoisotopic (exact) mass is 413 g/mol. The van der Waals surface area contributed by atoms with Crippen LogP contribution >= 0.6 is 31.9 Å². The van der Waals surface area contributed by atoms with Gasteiger partial charge in [-0.05, 0) is 52.3 Å². The smallest absolute Gasteiger partial charge is 0.256 e. The zero-order chi connectivity index (χ0) is 15.1. The van der Waals surface area contributed by atoms with E-state index in [4.69, 9.17) is 0 Å². The molecular formula is C15H7Br2F2NO. The lowest BCUT2D eigenvalue weighted by Crippen LogP contribution is -2.04. The van der Waals surface area contributed by atoms with Crippen LogP contribution in [0.2, 0.25) is 0 Å². The van der Waals surface area contributed by atoms with Crippen LogP contribution in [0.4, 0.5) is 14.5 Å². The van der Waals surface area contributed by atoms with Gasteiger partial charge in [-0.15, -0.1) is 0 Å². The molecule has 0 aliphatic carbocycles. The number of carbonyl (C=O) groups excluding carboxylic acids is 1. The van der Waals surface area contributed by atoms with Gasteiger partial charge in [0.2, 0.25) is 0 Å². The number of fused-ring (bicyclic) bond motifs is 1. The maximum Gasteiger partial charge on any atom is 0.256 e. The van der Waals surface area contributed by atoms with E-state index in [1.165, 1.54) is 6.08 Å². The van der Waals surface area contributed by atoms with Gasteiger partial charge in [0.1, 0.15) is 11.6 Å². The van der Waals surface area contributed by atoms with E-state index in [2.05, 4.69) is 37.2 Å². The van der Waals surface area contributed by atoms with Crippen molar-refractivity contribution in [3.8, 4) is 0 Å². The molecule has 0 aromatic heterocycles. The molecule has 0 spiro atoms. The van der Waals surface area contributed by atoms with E-state index in [1.807, 2.05) is 0 Å². The summed E-state index contributed by atoms with van der Waals surface area (Å²) in [5.74, 6) is -1.50. The summed E-state index contributed by atoms with van der Waals surface area (Å²) in [7, 11) is 0. The van der Waals surface area contributed by atoms with Gasteiger partial charge in [-0.1, -0.05) is 15.9 Å². The normalized spacial score (nSPS) is 15.2. The number of anilines is 1. The largest absolute Gasteiger partial charge is 0.320 e. The molecule has 1 amide bonds. The molecule has 0 atom stereocenters. The summed E-state index contributed by atoms with van der Waals surface area (Å²) in [6, 6.07) is 6.67. The van der Waals surface area contributed by atoms with Gasteiger partial charge in [0.25, 0.3) is 5.91 Å². The minimum atomic E-state index is -0.584. The van der Waals surface area contributed by atoms with E-state index in [0.29, 0.717) is 15.7 Å². The highest BCUT2D eigenvalue weighted by atomic mass is 79.9. The molecule has 2 aromatic rings. The standard InChI is InChI=1S/C15H7Br2F2NO/c16-8-5-10-11(15(21)20-14(10)12(17)6-8)4-7-3-9(18)1-2-13(7)19/h1-6H,(H,20,21). The van der Waals surface area contributed by atoms with Crippen LogP contribution in [0.25, 0.3) is 11.6 Å². The predicted molar refractivity (Wildman–Crippen MR) is 84.7 cm³/mol. The zero-order valence-electron chi connectivity index (χ0n) is 10.4. The van der Waals surface area contributed by atoms with Crippen molar-refractivity contribution < 1.29 is 13.6 Å². The van der Waals surface area contributed by atoms with Gasteiger partial charge in [-0.3, -0.25) is 4.79 Å². The molecule has 0 radical (unpaired) electrons. The highest BCUT2D eigenvalue weighted by Gasteiger charge is 2.26.